The summed E-state index contributed by atoms with van der Waals surface area (Å²) in [6, 6.07) is 0.391. The maximum Gasteiger partial charge on any atom is 0.217 e. The van der Waals surface area contributed by atoms with Crippen molar-refractivity contribution in [3.63, 3.8) is 0 Å². The number of halogens is 1. The number of hydrogen-bond donors (Lipinski definition) is 2. The largest absolute Gasteiger partial charge is 0.504 e. The van der Waals surface area contributed by atoms with Gasteiger partial charge in [0, 0.05) is 19.1 Å². The lowest BCUT2D eigenvalue weighted by atomic mass is 9.76. The van der Waals surface area contributed by atoms with Gasteiger partial charge in [-0.1, -0.05) is 0 Å². The van der Waals surface area contributed by atoms with Gasteiger partial charge in [-0.25, -0.2) is 4.58 Å². The summed E-state index contributed by atoms with van der Waals surface area (Å²) in [4.78, 5) is 4.56. The van der Waals surface area contributed by atoms with Crippen LogP contribution in [0.25, 0.3) is 5.57 Å². The van der Waals surface area contributed by atoms with E-state index >= 15 is 0 Å². The summed E-state index contributed by atoms with van der Waals surface area (Å²) in [5.74, 6) is 0.336. The van der Waals surface area contributed by atoms with Crippen LogP contribution in [-0.4, -0.2) is 29.3 Å². The normalized spacial score (nSPS) is 35.0. The molecular formula is C18H13BrN3OS+. The van der Waals surface area contributed by atoms with Gasteiger partial charge in [-0.15, -0.1) is 11.8 Å². The first-order valence-corrected chi connectivity index (χ1v) is 9.99. The van der Waals surface area contributed by atoms with Crippen LogP contribution in [0, 0.1) is 0 Å². The predicted molar refractivity (Wildman–Crippen MR) is 99.8 cm³/mol. The lowest BCUT2D eigenvalue weighted by Crippen LogP contribution is -2.60. The number of nitrogens with one attached hydrogen (secondary N) is 1. The SMILES string of the molecule is Oc1c2c3c4c5c1N=CC=5CC[N+]=4[C@@H]1C[C@]34S[C@H](C=C4C=C1Br)N2. The van der Waals surface area contributed by atoms with E-state index in [-0.39, 0.29) is 10.1 Å². The molecule has 0 radical (unpaired) electrons. The molecular weight excluding hydrogens is 386 g/mol. The highest BCUT2D eigenvalue weighted by Gasteiger charge is 2.59. The average Bonchev–Trinajstić information content (AvgIpc) is 3.11. The Kier molecular flexibility index (Phi) is 1.96. The van der Waals surface area contributed by atoms with Crippen molar-refractivity contribution in [2.75, 3.05) is 11.9 Å². The van der Waals surface area contributed by atoms with Crippen LogP contribution in [0.3, 0.4) is 0 Å². The summed E-state index contributed by atoms with van der Waals surface area (Å²) in [5, 5.41) is 17.2. The molecule has 2 N–H and O–H groups in total. The Morgan fingerprint density at radius 1 is 1.46 bits per heavy atom. The fourth-order valence-electron chi connectivity index (χ4n) is 5.36. The van der Waals surface area contributed by atoms with Gasteiger partial charge in [0.15, 0.2) is 11.8 Å². The molecule has 0 saturated heterocycles. The fraction of sp³-hybridized carbons (Fsp3) is 0.333. The van der Waals surface area contributed by atoms with Crippen LogP contribution in [0.4, 0.5) is 11.4 Å². The highest BCUT2D eigenvalue weighted by molar-refractivity contribution is 9.11. The lowest BCUT2D eigenvalue weighted by Gasteiger charge is -2.44. The first-order valence-electron chi connectivity index (χ1n) is 8.31. The van der Waals surface area contributed by atoms with E-state index in [1.807, 2.05) is 18.0 Å². The zero-order valence-corrected chi connectivity index (χ0v) is 15.0. The summed E-state index contributed by atoms with van der Waals surface area (Å²) in [7, 11) is 0. The Bertz CT molecular complexity index is 1130. The first-order chi connectivity index (χ1) is 11.7. The van der Waals surface area contributed by atoms with Crippen molar-refractivity contribution < 1.29 is 5.11 Å². The van der Waals surface area contributed by atoms with Crippen molar-refractivity contribution in [1.29, 1.82) is 0 Å². The van der Waals surface area contributed by atoms with Gasteiger partial charge in [0.25, 0.3) is 0 Å². The number of phenols is 1. The molecule has 6 aliphatic rings. The van der Waals surface area contributed by atoms with E-state index in [1.54, 1.807) is 0 Å². The number of hydrogen-bond acceptors (Lipinski definition) is 4. The molecule has 118 valence electrons. The minimum atomic E-state index is -0.0173. The van der Waals surface area contributed by atoms with Gasteiger partial charge < -0.3 is 10.4 Å². The zero-order valence-electron chi connectivity index (χ0n) is 12.6. The molecule has 0 aromatic heterocycles. The minimum absolute atomic E-state index is 0.0173. The third-order valence-corrected chi connectivity index (χ3v) is 8.56. The van der Waals surface area contributed by atoms with Crippen LogP contribution < -0.4 is 20.5 Å². The molecule has 6 heteroatoms. The van der Waals surface area contributed by atoms with E-state index in [1.165, 1.54) is 31.8 Å². The number of thioether (sulfide) groups is 1. The molecule has 1 aromatic carbocycles. The van der Waals surface area contributed by atoms with Gasteiger partial charge in [-0.2, -0.15) is 0 Å². The lowest BCUT2D eigenvalue weighted by molar-refractivity contribution is 0.392. The van der Waals surface area contributed by atoms with Crippen LogP contribution in [0.5, 0.6) is 5.75 Å². The molecule has 0 fully saturated rings. The third kappa shape index (κ3) is 1.14. The Hall–Kier alpha value is -1.53. The summed E-state index contributed by atoms with van der Waals surface area (Å²) in [5.41, 5.74) is 5.63. The smallest absolute Gasteiger partial charge is 0.217 e. The second-order valence-electron chi connectivity index (χ2n) is 7.28. The van der Waals surface area contributed by atoms with Gasteiger partial charge in [0.1, 0.15) is 12.2 Å². The Morgan fingerprint density at radius 2 is 2.38 bits per heavy atom. The molecule has 4 nitrogen and oxygen atoms in total. The summed E-state index contributed by atoms with van der Waals surface area (Å²) in [6.45, 7) is 1.02. The first kappa shape index (κ1) is 12.8. The molecule has 0 amide bonds. The van der Waals surface area contributed by atoms with Crippen molar-refractivity contribution in [3.05, 3.63) is 38.3 Å². The Morgan fingerprint density at radius 3 is 3.29 bits per heavy atom. The van der Waals surface area contributed by atoms with Crippen molar-refractivity contribution in [2.24, 2.45) is 4.99 Å². The van der Waals surface area contributed by atoms with E-state index in [0.29, 0.717) is 11.8 Å². The molecule has 1 aromatic rings. The van der Waals surface area contributed by atoms with E-state index in [9.17, 15) is 5.11 Å². The maximum absolute atomic E-state index is 11.0. The van der Waals surface area contributed by atoms with Gasteiger partial charge >= 0.3 is 0 Å². The van der Waals surface area contributed by atoms with Crippen LogP contribution in [0.2, 0.25) is 0 Å². The summed E-state index contributed by atoms with van der Waals surface area (Å²) in [6.07, 6.45) is 8.68. The monoisotopic (exact) mass is 398 g/mol. The van der Waals surface area contributed by atoms with Crippen molar-refractivity contribution in [3.8, 4) is 5.75 Å². The molecule has 0 saturated carbocycles. The number of allylic oxidation sites excluding steroid dienone is 1. The van der Waals surface area contributed by atoms with Crippen LogP contribution in [-0.2, 0) is 4.75 Å². The van der Waals surface area contributed by atoms with Gasteiger partial charge in [-0.05, 0) is 39.2 Å². The van der Waals surface area contributed by atoms with Gasteiger partial charge in [0.2, 0.25) is 5.36 Å². The quantitative estimate of drug-likeness (QED) is 0.517. The minimum Gasteiger partial charge on any atom is -0.504 e. The van der Waals surface area contributed by atoms with Crippen molar-refractivity contribution in [1.82, 2.24) is 4.58 Å². The Balaban J connectivity index is 1.82. The highest BCUT2D eigenvalue weighted by Crippen LogP contribution is 2.63. The number of aromatic hydroxyl groups is 1. The number of aliphatic imine (C=N–C) groups is 1. The summed E-state index contributed by atoms with van der Waals surface area (Å²) >= 11 is 5.85. The molecule has 1 aliphatic carbocycles. The maximum atomic E-state index is 11.0. The molecule has 3 bridgehead atoms. The molecule has 3 atom stereocenters. The number of benzene rings is 1. The zero-order chi connectivity index (χ0) is 15.8. The van der Waals surface area contributed by atoms with Gasteiger partial charge in [0.05, 0.1) is 31.1 Å². The van der Waals surface area contributed by atoms with Crippen LogP contribution in [0.1, 0.15) is 18.4 Å². The topological polar surface area (TPSA) is 47.6 Å². The molecule has 0 unspecified atom stereocenters. The standard InChI is InChI=1S/C18H12BrN3OS/c19-9-3-8-4-11-21-15-13-16-12-7(6-20-14(12)17(15)23)1-2-22(16)10(9)5-18(8,13)24-11/h3-4,6,10-11H,1-2,5H2,(H,20,21,23)/p+1/t10-,11-,18-/m1/s1. The third-order valence-electron chi connectivity index (χ3n) is 6.29. The van der Waals surface area contributed by atoms with Crippen molar-refractivity contribution >= 4 is 50.9 Å². The summed E-state index contributed by atoms with van der Waals surface area (Å²) < 4.78 is 3.80. The molecule has 24 heavy (non-hydrogen) atoms. The van der Waals surface area contributed by atoms with Crippen LogP contribution >= 0.6 is 27.7 Å². The van der Waals surface area contributed by atoms with Gasteiger partial charge in [-0.3, -0.25) is 4.99 Å². The van der Waals surface area contributed by atoms with Crippen LogP contribution in [0.15, 0.2) is 27.2 Å². The van der Waals surface area contributed by atoms with E-state index < -0.39 is 0 Å². The molecule has 1 spiro atoms. The average molecular weight is 399 g/mol. The molecule has 5 heterocycles. The number of rotatable bonds is 0. The van der Waals surface area contributed by atoms with Crippen molar-refractivity contribution in [2.45, 2.75) is 29.0 Å². The molecule has 5 aliphatic heterocycles. The second kappa shape index (κ2) is 3.68. The number of phenolic OH excluding ortho intramolecular Hbond substituents is 1. The van der Waals surface area contributed by atoms with E-state index in [0.717, 1.165) is 30.8 Å². The number of anilines is 1. The number of fused-ring (bicyclic) bond motifs is 3. The number of nitrogens with zero attached hydrogens (tertiary/aromatic N) is 2. The Labute approximate surface area is 150 Å². The van der Waals surface area contributed by atoms with E-state index in [2.05, 4.69) is 43.0 Å². The van der Waals surface area contributed by atoms with E-state index in [4.69, 9.17) is 0 Å². The fourth-order valence-corrected chi connectivity index (χ4v) is 7.68. The molecule has 7 rings (SSSR count). The predicted octanol–water partition coefficient (Wildman–Crippen LogP) is 1.84. The highest BCUT2D eigenvalue weighted by atomic mass is 79.9. The second-order valence-corrected chi connectivity index (χ2v) is 9.63.